The number of carbonyl (C=O) groups excluding carboxylic acids is 2. The lowest BCUT2D eigenvalue weighted by molar-refractivity contribution is -0.147. The van der Waals surface area contributed by atoms with Crippen molar-refractivity contribution in [2.45, 2.75) is 12.3 Å². The zero-order chi connectivity index (χ0) is 13.8. The molecule has 1 amide bonds. The standard InChI is InChI=1S/C14H17NO4/c1-18-10-5-3-9(4-6-10)11-7-13(16)15-8-12(11)14(17)19-2/h3-6,11-12H,7-8H2,1-2H3,(H,15,16). The van der Waals surface area contributed by atoms with Crippen LogP contribution in [-0.2, 0) is 14.3 Å². The Hall–Kier alpha value is -2.04. The molecule has 0 spiro atoms. The number of amides is 1. The zero-order valence-corrected chi connectivity index (χ0v) is 11.0. The van der Waals surface area contributed by atoms with Gasteiger partial charge in [0.1, 0.15) is 5.75 Å². The molecule has 1 aliphatic heterocycles. The van der Waals surface area contributed by atoms with Gasteiger partial charge in [0, 0.05) is 18.9 Å². The van der Waals surface area contributed by atoms with Crippen molar-refractivity contribution in [3.63, 3.8) is 0 Å². The summed E-state index contributed by atoms with van der Waals surface area (Å²) in [7, 11) is 2.96. The van der Waals surface area contributed by atoms with Crippen LogP contribution in [0.2, 0.25) is 0 Å². The third-order valence-electron chi connectivity index (χ3n) is 3.46. The number of ether oxygens (including phenoxy) is 2. The van der Waals surface area contributed by atoms with Crippen molar-refractivity contribution in [3.05, 3.63) is 29.8 Å². The minimum atomic E-state index is -0.337. The van der Waals surface area contributed by atoms with Gasteiger partial charge >= 0.3 is 5.97 Å². The molecular weight excluding hydrogens is 246 g/mol. The van der Waals surface area contributed by atoms with Crippen molar-refractivity contribution in [2.75, 3.05) is 20.8 Å². The Kier molecular flexibility index (Phi) is 4.04. The molecule has 2 rings (SSSR count). The molecule has 1 aliphatic rings. The van der Waals surface area contributed by atoms with Crippen molar-refractivity contribution in [3.8, 4) is 5.75 Å². The molecule has 2 unspecified atom stereocenters. The Morgan fingerprint density at radius 3 is 2.53 bits per heavy atom. The number of carbonyl (C=O) groups is 2. The lowest BCUT2D eigenvalue weighted by atomic mass is 9.81. The molecule has 5 nitrogen and oxygen atoms in total. The number of esters is 1. The van der Waals surface area contributed by atoms with Crippen LogP contribution in [0.4, 0.5) is 0 Å². The number of nitrogens with one attached hydrogen (secondary N) is 1. The Bertz CT molecular complexity index is 469. The first-order valence-corrected chi connectivity index (χ1v) is 6.14. The highest BCUT2D eigenvalue weighted by molar-refractivity contribution is 5.83. The number of methoxy groups -OCH3 is 2. The molecule has 0 bridgehead atoms. The molecular formula is C14H17NO4. The first-order valence-electron chi connectivity index (χ1n) is 6.14. The van der Waals surface area contributed by atoms with Crippen LogP contribution in [0.25, 0.3) is 0 Å². The molecule has 1 fully saturated rings. The van der Waals surface area contributed by atoms with E-state index in [4.69, 9.17) is 9.47 Å². The van der Waals surface area contributed by atoms with Crippen LogP contribution in [0.3, 0.4) is 0 Å². The number of piperidine rings is 1. The topological polar surface area (TPSA) is 64.6 Å². The Balaban J connectivity index is 2.25. The molecule has 1 saturated heterocycles. The van der Waals surface area contributed by atoms with Gasteiger partial charge in [0.05, 0.1) is 20.1 Å². The summed E-state index contributed by atoms with van der Waals surface area (Å²) in [5.74, 6) is -0.0661. The van der Waals surface area contributed by atoms with Gasteiger partial charge in [-0.15, -0.1) is 0 Å². The van der Waals surface area contributed by atoms with Gasteiger partial charge in [0.25, 0.3) is 0 Å². The molecule has 1 aromatic rings. The van der Waals surface area contributed by atoms with Crippen molar-refractivity contribution >= 4 is 11.9 Å². The summed E-state index contributed by atoms with van der Waals surface area (Å²) < 4.78 is 9.91. The van der Waals surface area contributed by atoms with Gasteiger partial charge in [0.15, 0.2) is 0 Å². The van der Waals surface area contributed by atoms with Crippen LogP contribution in [0.15, 0.2) is 24.3 Å². The minimum Gasteiger partial charge on any atom is -0.497 e. The van der Waals surface area contributed by atoms with Crippen molar-refractivity contribution < 1.29 is 19.1 Å². The molecule has 5 heteroatoms. The van der Waals surface area contributed by atoms with E-state index in [1.165, 1.54) is 7.11 Å². The summed E-state index contributed by atoms with van der Waals surface area (Å²) in [6.07, 6.45) is 0.298. The molecule has 1 aromatic carbocycles. The summed E-state index contributed by atoms with van der Waals surface area (Å²) in [4.78, 5) is 23.3. The molecule has 0 radical (unpaired) electrons. The average molecular weight is 263 g/mol. The third kappa shape index (κ3) is 2.86. The predicted molar refractivity (Wildman–Crippen MR) is 68.9 cm³/mol. The van der Waals surface area contributed by atoms with E-state index in [0.717, 1.165) is 11.3 Å². The van der Waals surface area contributed by atoms with Crippen LogP contribution < -0.4 is 10.1 Å². The molecule has 2 atom stereocenters. The van der Waals surface area contributed by atoms with E-state index in [1.807, 2.05) is 24.3 Å². The summed E-state index contributed by atoms with van der Waals surface area (Å²) in [5, 5.41) is 2.71. The molecule has 1 N–H and O–H groups in total. The molecule has 102 valence electrons. The highest BCUT2D eigenvalue weighted by atomic mass is 16.5. The summed E-state index contributed by atoms with van der Waals surface area (Å²) in [6.45, 7) is 0.322. The first-order chi connectivity index (χ1) is 9.15. The Morgan fingerprint density at radius 1 is 1.26 bits per heavy atom. The van der Waals surface area contributed by atoms with Gasteiger partial charge in [0.2, 0.25) is 5.91 Å². The summed E-state index contributed by atoms with van der Waals surface area (Å²) >= 11 is 0. The van der Waals surface area contributed by atoms with Gasteiger partial charge in [-0.05, 0) is 17.7 Å². The van der Waals surface area contributed by atoms with E-state index in [-0.39, 0.29) is 23.7 Å². The summed E-state index contributed by atoms with van der Waals surface area (Å²) in [6, 6.07) is 7.43. The second-order valence-corrected chi connectivity index (χ2v) is 4.52. The summed E-state index contributed by atoms with van der Waals surface area (Å²) in [5.41, 5.74) is 0.950. The SMILES string of the molecule is COC(=O)C1CNC(=O)CC1c1ccc(OC)cc1. The van der Waals surface area contributed by atoms with Crippen LogP contribution in [-0.4, -0.2) is 32.6 Å². The van der Waals surface area contributed by atoms with E-state index >= 15 is 0 Å². The Morgan fingerprint density at radius 2 is 1.95 bits per heavy atom. The maximum atomic E-state index is 11.8. The van der Waals surface area contributed by atoms with E-state index in [1.54, 1.807) is 7.11 Å². The van der Waals surface area contributed by atoms with Gasteiger partial charge in [-0.2, -0.15) is 0 Å². The first kappa shape index (κ1) is 13.4. The van der Waals surface area contributed by atoms with Crippen molar-refractivity contribution in [1.82, 2.24) is 5.32 Å². The fraction of sp³-hybridized carbons (Fsp3) is 0.429. The molecule has 1 heterocycles. The van der Waals surface area contributed by atoms with Gasteiger partial charge in [-0.1, -0.05) is 12.1 Å². The molecule has 19 heavy (non-hydrogen) atoms. The predicted octanol–water partition coefficient (Wildman–Crippen LogP) is 1.09. The van der Waals surface area contributed by atoms with Crippen LogP contribution in [0, 0.1) is 5.92 Å². The largest absolute Gasteiger partial charge is 0.497 e. The number of benzene rings is 1. The average Bonchev–Trinajstić information content (AvgIpc) is 2.46. The quantitative estimate of drug-likeness (QED) is 0.829. The lowest BCUT2D eigenvalue weighted by Crippen LogP contribution is -2.43. The van der Waals surface area contributed by atoms with Crippen molar-refractivity contribution in [2.24, 2.45) is 5.92 Å². The monoisotopic (exact) mass is 263 g/mol. The van der Waals surface area contributed by atoms with Crippen molar-refractivity contribution in [1.29, 1.82) is 0 Å². The fourth-order valence-corrected chi connectivity index (χ4v) is 2.38. The van der Waals surface area contributed by atoms with Crippen LogP contribution >= 0.6 is 0 Å². The van der Waals surface area contributed by atoms with Crippen LogP contribution in [0.5, 0.6) is 5.75 Å². The fourth-order valence-electron chi connectivity index (χ4n) is 2.38. The van der Waals surface area contributed by atoms with E-state index in [9.17, 15) is 9.59 Å². The van der Waals surface area contributed by atoms with E-state index in [0.29, 0.717) is 13.0 Å². The highest BCUT2D eigenvalue weighted by Gasteiger charge is 2.35. The van der Waals surface area contributed by atoms with E-state index < -0.39 is 0 Å². The smallest absolute Gasteiger partial charge is 0.311 e. The van der Waals surface area contributed by atoms with Gasteiger partial charge < -0.3 is 14.8 Å². The zero-order valence-electron chi connectivity index (χ0n) is 11.0. The Labute approximate surface area is 111 Å². The second-order valence-electron chi connectivity index (χ2n) is 4.52. The number of rotatable bonds is 3. The maximum Gasteiger partial charge on any atom is 0.311 e. The maximum absolute atomic E-state index is 11.8. The minimum absolute atomic E-state index is 0.0408. The number of hydrogen-bond acceptors (Lipinski definition) is 4. The molecule has 0 aliphatic carbocycles. The van der Waals surface area contributed by atoms with E-state index in [2.05, 4.69) is 5.32 Å². The second kappa shape index (κ2) is 5.73. The van der Waals surface area contributed by atoms with Crippen LogP contribution in [0.1, 0.15) is 17.9 Å². The highest BCUT2D eigenvalue weighted by Crippen LogP contribution is 2.32. The third-order valence-corrected chi connectivity index (χ3v) is 3.46. The molecule has 0 aromatic heterocycles. The normalized spacial score (nSPS) is 22.5. The lowest BCUT2D eigenvalue weighted by Gasteiger charge is -2.30. The molecule has 0 saturated carbocycles. The number of hydrogen-bond donors (Lipinski definition) is 1. The van der Waals surface area contributed by atoms with Gasteiger partial charge in [-0.3, -0.25) is 9.59 Å². The van der Waals surface area contributed by atoms with Gasteiger partial charge in [-0.25, -0.2) is 0 Å².